The molecule has 1 aromatic heterocycles. The highest BCUT2D eigenvalue weighted by molar-refractivity contribution is 5.42. The number of para-hydroxylation sites is 1. The average Bonchev–Trinajstić information content (AvgIpc) is 2.17. The van der Waals surface area contributed by atoms with Gasteiger partial charge in [-0.25, -0.2) is 0 Å². The second-order valence-electron chi connectivity index (χ2n) is 2.92. The van der Waals surface area contributed by atoms with E-state index in [1.807, 2.05) is 18.2 Å². The summed E-state index contributed by atoms with van der Waals surface area (Å²) in [6, 6.07) is 10.8. The number of rotatable bonds is 2. The Balaban J connectivity index is 2.25. The first-order chi connectivity index (χ1) is 7.24. The molecule has 1 heterocycles. The zero-order chi connectivity index (χ0) is 10.7. The van der Waals surface area contributed by atoms with Crippen molar-refractivity contribution in [2.75, 3.05) is 11.5 Å². The molecule has 0 unspecified atom stereocenters. The molecule has 0 saturated carbocycles. The molecule has 15 heavy (non-hydrogen) atoms. The molecule has 0 aliphatic carbocycles. The Hall–Kier alpha value is -2.30. The molecule has 4 N–H and O–H groups in total. The molecule has 2 rings (SSSR count). The number of aromatic nitrogens is 2. The summed E-state index contributed by atoms with van der Waals surface area (Å²) in [5, 5.41) is 0. The van der Waals surface area contributed by atoms with Crippen molar-refractivity contribution in [3.8, 4) is 11.8 Å². The van der Waals surface area contributed by atoms with Crippen molar-refractivity contribution in [1.29, 1.82) is 0 Å². The van der Waals surface area contributed by atoms with Crippen LogP contribution in [0.3, 0.4) is 0 Å². The van der Waals surface area contributed by atoms with Gasteiger partial charge in [-0.2, -0.15) is 9.97 Å². The number of nitrogen functional groups attached to an aromatic ring is 2. The lowest BCUT2D eigenvalue weighted by Gasteiger charge is -2.04. The summed E-state index contributed by atoms with van der Waals surface area (Å²) >= 11 is 0. The van der Waals surface area contributed by atoms with E-state index in [-0.39, 0.29) is 17.6 Å². The minimum Gasteiger partial charge on any atom is -0.424 e. The van der Waals surface area contributed by atoms with Gasteiger partial charge in [-0.05, 0) is 12.1 Å². The standard InChI is InChI=1S/C10H10N4O/c11-8-6-9(12)14-10(13-8)15-7-4-2-1-3-5-7/h1-6H,(H4,11,12,13,14). The van der Waals surface area contributed by atoms with Crippen LogP contribution in [0.1, 0.15) is 0 Å². The van der Waals surface area contributed by atoms with Gasteiger partial charge in [-0.1, -0.05) is 18.2 Å². The molecule has 0 spiro atoms. The maximum atomic E-state index is 5.50. The third kappa shape index (κ3) is 2.34. The molecule has 0 fully saturated rings. The summed E-state index contributed by atoms with van der Waals surface area (Å²) < 4.78 is 5.36. The van der Waals surface area contributed by atoms with Crippen molar-refractivity contribution < 1.29 is 4.74 Å². The normalized spacial score (nSPS) is 9.87. The number of hydrogen-bond acceptors (Lipinski definition) is 5. The molecule has 0 amide bonds. The fourth-order valence-electron chi connectivity index (χ4n) is 1.10. The van der Waals surface area contributed by atoms with Gasteiger partial charge in [0.2, 0.25) is 0 Å². The van der Waals surface area contributed by atoms with E-state index in [0.29, 0.717) is 5.75 Å². The Morgan fingerprint density at radius 3 is 2.13 bits per heavy atom. The van der Waals surface area contributed by atoms with Gasteiger partial charge in [-0.15, -0.1) is 0 Å². The van der Waals surface area contributed by atoms with Gasteiger partial charge >= 0.3 is 6.01 Å². The number of nitrogens with zero attached hydrogens (tertiary/aromatic N) is 2. The van der Waals surface area contributed by atoms with Crippen molar-refractivity contribution in [2.24, 2.45) is 0 Å². The number of anilines is 2. The van der Waals surface area contributed by atoms with E-state index >= 15 is 0 Å². The van der Waals surface area contributed by atoms with Crippen molar-refractivity contribution in [2.45, 2.75) is 0 Å². The number of hydrogen-bond donors (Lipinski definition) is 2. The van der Waals surface area contributed by atoms with Crippen LogP contribution >= 0.6 is 0 Å². The van der Waals surface area contributed by atoms with E-state index in [9.17, 15) is 0 Å². The second-order valence-corrected chi connectivity index (χ2v) is 2.92. The molecule has 0 radical (unpaired) electrons. The molecule has 1 aromatic carbocycles. The van der Waals surface area contributed by atoms with Crippen molar-refractivity contribution in [3.63, 3.8) is 0 Å². The van der Waals surface area contributed by atoms with Crippen LogP contribution in [-0.4, -0.2) is 9.97 Å². The average molecular weight is 202 g/mol. The quantitative estimate of drug-likeness (QED) is 0.769. The van der Waals surface area contributed by atoms with Crippen LogP contribution in [0.15, 0.2) is 36.4 Å². The summed E-state index contributed by atoms with van der Waals surface area (Å²) in [5.74, 6) is 1.21. The van der Waals surface area contributed by atoms with Gasteiger partial charge in [0.15, 0.2) is 0 Å². The SMILES string of the molecule is Nc1cc(N)nc(Oc2ccccc2)n1. The molecule has 0 atom stereocenters. The van der Waals surface area contributed by atoms with Crippen molar-refractivity contribution >= 4 is 11.6 Å². The summed E-state index contributed by atoms with van der Waals surface area (Å²) in [7, 11) is 0. The van der Waals surface area contributed by atoms with E-state index < -0.39 is 0 Å². The molecule has 0 aliphatic heterocycles. The molecule has 5 nitrogen and oxygen atoms in total. The molecular formula is C10H10N4O. The summed E-state index contributed by atoms with van der Waals surface area (Å²) in [6.45, 7) is 0. The largest absolute Gasteiger partial charge is 0.424 e. The topological polar surface area (TPSA) is 87.1 Å². The van der Waals surface area contributed by atoms with Crippen LogP contribution in [0, 0.1) is 0 Å². The van der Waals surface area contributed by atoms with Crippen LogP contribution in [0.2, 0.25) is 0 Å². The minimum absolute atomic E-state index is 0.152. The van der Waals surface area contributed by atoms with Gasteiger partial charge in [0.1, 0.15) is 17.4 Å². The first kappa shape index (κ1) is 9.26. The fraction of sp³-hybridized carbons (Fsp3) is 0. The minimum atomic E-state index is 0.152. The Bertz CT molecular complexity index is 438. The fourth-order valence-corrected chi connectivity index (χ4v) is 1.10. The maximum absolute atomic E-state index is 5.50. The molecule has 0 aliphatic rings. The maximum Gasteiger partial charge on any atom is 0.325 e. The van der Waals surface area contributed by atoms with Gasteiger partial charge in [0.05, 0.1) is 0 Å². The van der Waals surface area contributed by atoms with E-state index in [4.69, 9.17) is 16.2 Å². The summed E-state index contributed by atoms with van der Waals surface area (Å²) in [5.41, 5.74) is 11.0. The number of nitrogens with two attached hydrogens (primary N) is 2. The predicted molar refractivity (Wildman–Crippen MR) is 57.4 cm³/mol. The molecule has 0 bridgehead atoms. The highest BCUT2D eigenvalue weighted by atomic mass is 16.5. The molecule has 0 saturated heterocycles. The third-order valence-electron chi connectivity index (χ3n) is 1.70. The lowest BCUT2D eigenvalue weighted by molar-refractivity contribution is 0.444. The van der Waals surface area contributed by atoms with Gasteiger partial charge in [0, 0.05) is 6.07 Å². The zero-order valence-electron chi connectivity index (χ0n) is 7.92. The third-order valence-corrected chi connectivity index (χ3v) is 1.70. The number of benzene rings is 1. The Morgan fingerprint density at radius 1 is 0.933 bits per heavy atom. The van der Waals surface area contributed by atoms with Crippen molar-refractivity contribution in [3.05, 3.63) is 36.4 Å². The summed E-state index contributed by atoms with van der Waals surface area (Å²) in [6.07, 6.45) is 0. The van der Waals surface area contributed by atoms with Crippen LogP contribution in [0.25, 0.3) is 0 Å². The smallest absolute Gasteiger partial charge is 0.325 e. The molecule has 5 heteroatoms. The van der Waals surface area contributed by atoms with E-state index in [1.54, 1.807) is 12.1 Å². The van der Waals surface area contributed by atoms with Crippen LogP contribution < -0.4 is 16.2 Å². The van der Waals surface area contributed by atoms with Crippen molar-refractivity contribution in [1.82, 2.24) is 9.97 Å². The Kier molecular flexibility index (Phi) is 2.37. The number of ether oxygens (including phenoxy) is 1. The Morgan fingerprint density at radius 2 is 1.53 bits per heavy atom. The van der Waals surface area contributed by atoms with Crippen LogP contribution in [-0.2, 0) is 0 Å². The Labute approximate surface area is 86.7 Å². The van der Waals surface area contributed by atoms with Crippen LogP contribution in [0.5, 0.6) is 11.8 Å². The van der Waals surface area contributed by atoms with E-state index in [1.165, 1.54) is 6.07 Å². The molecule has 2 aromatic rings. The van der Waals surface area contributed by atoms with Crippen LogP contribution in [0.4, 0.5) is 11.6 Å². The first-order valence-electron chi connectivity index (χ1n) is 4.37. The van der Waals surface area contributed by atoms with E-state index in [0.717, 1.165) is 0 Å². The lowest BCUT2D eigenvalue weighted by Crippen LogP contribution is -2.00. The highest BCUT2D eigenvalue weighted by Crippen LogP contribution is 2.18. The van der Waals surface area contributed by atoms with Gasteiger partial charge in [-0.3, -0.25) is 0 Å². The van der Waals surface area contributed by atoms with E-state index in [2.05, 4.69) is 9.97 Å². The molecule has 76 valence electrons. The predicted octanol–water partition coefficient (Wildman–Crippen LogP) is 1.43. The highest BCUT2D eigenvalue weighted by Gasteiger charge is 2.02. The molecular weight excluding hydrogens is 192 g/mol. The van der Waals surface area contributed by atoms with Gasteiger partial charge < -0.3 is 16.2 Å². The first-order valence-corrected chi connectivity index (χ1v) is 4.37. The zero-order valence-corrected chi connectivity index (χ0v) is 7.92. The second kappa shape index (κ2) is 3.83. The monoisotopic (exact) mass is 202 g/mol. The van der Waals surface area contributed by atoms with Gasteiger partial charge in [0.25, 0.3) is 0 Å². The lowest BCUT2D eigenvalue weighted by atomic mass is 10.3. The summed E-state index contributed by atoms with van der Waals surface area (Å²) in [4.78, 5) is 7.79.